The SMILES string of the molecule is Cc1ccc(C(C#N)(c2ccc3nc(C#N)c(Cc4ccc(N/C=C\C=N)cc4)c(C#N)c3c2)c2cncn2C)cc1. The molecule has 8 nitrogen and oxygen atoms in total. The molecule has 1 atom stereocenters. The van der Waals surface area contributed by atoms with Crippen LogP contribution in [-0.2, 0) is 18.9 Å². The van der Waals surface area contributed by atoms with Gasteiger partial charge >= 0.3 is 0 Å². The summed E-state index contributed by atoms with van der Waals surface area (Å²) in [5, 5.41) is 42.0. The molecule has 0 spiro atoms. The Morgan fingerprint density at radius 2 is 1.71 bits per heavy atom. The number of fused-ring (bicyclic) bond motifs is 1. The summed E-state index contributed by atoms with van der Waals surface area (Å²) < 4.78 is 1.83. The maximum atomic E-state index is 10.8. The summed E-state index contributed by atoms with van der Waals surface area (Å²) in [5.41, 5.74) is 5.36. The van der Waals surface area contributed by atoms with E-state index in [9.17, 15) is 15.8 Å². The van der Waals surface area contributed by atoms with Crippen LogP contribution in [0.2, 0.25) is 0 Å². The van der Waals surface area contributed by atoms with Crippen molar-refractivity contribution in [3.8, 4) is 18.2 Å². The van der Waals surface area contributed by atoms with Crippen molar-refractivity contribution in [3.05, 3.63) is 136 Å². The molecule has 5 aromatic rings. The molecule has 0 saturated carbocycles. The van der Waals surface area contributed by atoms with Crippen LogP contribution in [0.3, 0.4) is 0 Å². The third kappa shape index (κ3) is 4.88. The van der Waals surface area contributed by atoms with E-state index in [1.54, 1.807) is 30.9 Å². The van der Waals surface area contributed by atoms with Crippen LogP contribution in [0.4, 0.5) is 5.69 Å². The lowest BCUT2D eigenvalue weighted by atomic mass is 9.72. The van der Waals surface area contributed by atoms with Crippen molar-refractivity contribution in [2.24, 2.45) is 7.05 Å². The third-order valence-electron chi connectivity index (χ3n) is 7.37. The fourth-order valence-electron chi connectivity index (χ4n) is 5.21. The lowest BCUT2D eigenvalue weighted by molar-refractivity contribution is 0.698. The van der Waals surface area contributed by atoms with E-state index in [2.05, 4.69) is 33.5 Å². The first-order chi connectivity index (χ1) is 20.4. The van der Waals surface area contributed by atoms with Gasteiger partial charge in [-0.05, 0) is 54.0 Å². The maximum absolute atomic E-state index is 10.8. The summed E-state index contributed by atoms with van der Waals surface area (Å²) in [4.78, 5) is 8.93. The summed E-state index contributed by atoms with van der Waals surface area (Å²) >= 11 is 0. The third-order valence-corrected chi connectivity index (χ3v) is 7.37. The number of pyridine rings is 1. The largest absolute Gasteiger partial charge is 0.362 e. The molecule has 0 aliphatic carbocycles. The summed E-state index contributed by atoms with van der Waals surface area (Å²) in [5.74, 6) is 0. The lowest BCUT2D eigenvalue weighted by Gasteiger charge is -2.29. The predicted molar refractivity (Wildman–Crippen MR) is 162 cm³/mol. The number of nitriles is 3. The molecule has 0 aliphatic heterocycles. The Morgan fingerprint density at radius 1 is 0.976 bits per heavy atom. The number of anilines is 1. The Kier molecular flexibility index (Phi) is 7.60. The van der Waals surface area contributed by atoms with Crippen LogP contribution in [0.25, 0.3) is 10.9 Å². The first-order valence-electron chi connectivity index (χ1n) is 13.2. The molecule has 0 radical (unpaired) electrons. The topological polar surface area (TPSA) is 138 Å². The second kappa shape index (κ2) is 11.6. The van der Waals surface area contributed by atoms with Gasteiger partial charge in [0.25, 0.3) is 0 Å². The summed E-state index contributed by atoms with van der Waals surface area (Å²) in [7, 11) is 1.86. The van der Waals surface area contributed by atoms with E-state index in [-0.39, 0.29) is 5.69 Å². The highest BCUT2D eigenvalue weighted by molar-refractivity contribution is 5.88. The van der Waals surface area contributed by atoms with Crippen LogP contribution in [0.1, 0.15) is 44.8 Å². The van der Waals surface area contributed by atoms with Crippen LogP contribution in [0.15, 0.2) is 91.5 Å². The number of aromatic nitrogens is 3. The molecule has 0 bridgehead atoms. The number of aryl methyl sites for hydroxylation is 2. The van der Waals surface area contributed by atoms with E-state index in [1.165, 1.54) is 6.21 Å². The van der Waals surface area contributed by atoms with Crippen molar-refractivity contribution in [1.82, 2.24) is 14.5 Å². The summed E-state index contributed by atoms with van der Waals surface area (Å²) in [6.07, 6.45) is 8.12. The minimum atomic E-state index is -1.21. The number of benzene rings is 3. The van der Waals surface area contributed by atoms with Gasteiger partial charge in [-0.15, -0.1) is 0 Å². The van der Waals surface area contributed by atoms with Crippen molar-refractivity contribution in [3.63, 3.8) is 0 Å². The van der Waals surface area contributed by atoms with E-state index < -0.39 is 5.41 Å². The van der Waals surface area contributed by atoms with Crippen LogP contribution in [0.5, 0.6) is 0 Å². The van der Waals surface area contributed by atoms with E-state index in [0.29, 0.717) is 39.7 Å². The molecule has 0 amide bonds. The van der Waals surface area contributed by atoms with Crippen molar-refractivity contribution in [2.75, 3.05) is 5.32 Å². The Labute approximate surface area is 244 Å². The molecular weight excluding hydrogens is 520 g/mol. The number of hydrogen-bond acceptors (Lipinski definition) is 7. The van der Waals surface area contributed by atoms with Gasteiger partial charge in [0, 0.05) is 42.5 Å². The van der Waals surface area contributed by atoms with Gasteiger partial charge < -0.3 is 15.3 Å². The zero-order valence-electron chi connectivity index (χ0n) is 23.1. The summed E-state index contributed by atoms with van der Waals surface area (Å²) in [6.45, 7) is 2.00. The van der Waals surface area contributed by atoms with Crippen LogP contribution in [-0.4, -0.2) is 20.7 Å². The number of nitrogens with zero attached hydrogens (tertiary/aromatic N) is 6. The first-order valence-corrected chi connectivity index (χ1v) is 13.2. The molecule has 1 unspecified atom stereocenters. The minimum absolute atomic E-state index is 0.194. The number of imidazole rings is 1. The number of hydrogen-bond donors (Lipinski definition) is 2. The quantitative estimate of drug-likeness (QED) is 0.227. The van der Waals surface area contributed by atoms with Gasteiger partial charge in [0.2, 0.25) is 0 Å². The molecule has 0 fully saturated rings. The normalized spacial score (nSPS) is 12.3. The molecule has 2 heterocycles. The highest BCUT2D eigenvalue weighted by Gasteiger charge is 2.39. The molecule has 8 heteroatoms. The number of rotatable bonds is 8. The molecular formula is C34H26N8. The maximum Gasteiger partial charge on any atom is 0.149 e. The molecule has 0 saturated heterocycles. The van der Waals surface area contributed by atoms with Crippen molar-refractivity contribution >= 4 is 22.8 Å². The molecule has 5 rings (SSSR count). The predicted octanol–water partition coefficient (Wildman–Crippen LogP) is 6.04. The van der Waals surface area contributed by atoms with Crippen LogP contribution >= 0.6 is 0 Å². The monoisotopic (exact) mass is 546 g/mol. The number of nitrogens with one attached hydrogen (secondary N) is 2. The Balaban J connectivity index is 1.68. The zero-order chi connectivity index (χ0) is 29.7. The van der Waals surface area contributed by atoms with Gasteiger partial charge in [0.1, 0.15) is 23.2 Å². The second-order valence-corrected chi connectivity index (χ2v) is 9.93. The van der Waals surface area contributed by atoms with Crippen molar-refractivity contribution < 1.29 is 0 Å². The lowest BCUT2D eigenvalue weighted by Crippen LogP contribution is -2.30. The van der Waals surface area contributed by atoms with Gasteiger partial charge in [-0.25, -0.2) is 9.97 Å². The average Bonchev–Trinajstić information content (AvgIpc) is 3.45. The fraction of sp³-hybridized carbons (Fsp3) is 0.118. The standard InChI is InChI=1S/C34H26N8/c1-23-4-8-25(9-5-23)34(21-38,33-20-39-22-42(33)2)26-10-13-31-29(17-26)30(18-36)28(32(19-37)41-31)16-24-6-11-27(12-7-24)40-15-3-14-35/h3-15,17,20,22,35,40H,16H2,1-2H3/b15-3-,35-14?. The van der Waals surface area contributed by atoms with Gasteiger partial charge in [-0.2, -0.15) is 15.8 Å². The van der Waals surface area contributed by atoms with E-state index in [0.717, 1.165) is 22.4 Å². The fourth-order valence-corrected chi connectivity index (χ4v) is 5.21. The van der Waals surface area contributed by atoms with Gasteiger partial charge in [-0.3, -0.25) is 0 Å². The van der Waals surface area contributed by atoms with Crippen LogP contribution in [0, 0.1) is 46.3 Å². The molecule has 3 aromatic carbocycles. The summed E-state index contributed by atoms with van der Waals surface area (Å²) in [6, 6.07) is 28.0. The minimum Gasteiger partial charge on any atom is -0.362 e. The van der Waals surface area contributed by atoms with Crippen LogP contribution < -0.4 is 5.32 Å². The van der Waals surface area contributed by atoms with E-state index in [1.807, 2.05) is 79.2 Å². The Bertz CT molecular complexity index is 1950. The molecule has 42 heavy (non-hydrogen) atoms. The van der Waals surface area contributed by atoms with Gasteiger partial charge in [-0.1, -0.05) is 48.0 Å². The Morgan fingerprint density at radius 3 is 2.33 bits per heavy atom. The van der Waals surface area contributed by atoms with E-state index >= 15 is 0 Å². The van der Waals surface area contributed by atoms with Crippen molar-refractivity contribution in [1.29, 1.82) is 21.2 Å². The molecule has 2 N–H and O–H groups in total. The zero-order valence-corrected chi connectivity index (χ0v) is 23.1. The Hall–Kier alpha value is -6.04. The van der Waals surface area contributed by atoms with Gasteiger partial charge in [0.05, 0.1) is 35.4 Å². The second-order valence-electron chi connectivity index (χ2n) is 9.93. The van der Waals surface area contributed by atoms with Crippen molar-refractivity contribution in [2.45, 2.75) is 18.8 Å². The van der Waals surface area contributed by atoms with E-state index in [4.69, 9.17) is 5.41 Å². The highest BCUT2D eigenvalue weighted by atomic mass is 15.0. The number of allylic oxidation sites excluding steroid dienone is 1. The molecule has 202 valence electrons. The molecule has 0 aliphatic rings. The highest BCUT2D eigenvalue weighted by Crippen LogP contribution is 2.40. The smallest absolute Gasteiger partial charge is 0.149 e. The molecule has 2 aromatic heterocycles. The van der Waals surface area contributed by atoms with Gasteiger partial charge in [0.15, 0.2) is 0 Å². The first kappa shape index (κ1) is 27.5. The average molecular weight is 547 g/mol.